The standard InChI is InChI=1S/C10H12BrClN2/c11-8-2-1-7(10(12)3-8)4-14-5-9(13)6-14/h1-3,9H,4-6,13H2. The Morgan fingerprint density at radius 2 is 2.21 bits per heavy atom. The van der Waals surface area contributed by atoms with Gasteiger partial charge in [0.2, 0.25) is 0 Å². The van der Waals surface area contributed by atoms with Crippen LogP contribution < -0.4 is 5.73 Å². The van der Waals surface area contributed by atoms with Crippen LogP contribution in [-0.4, -0.2) is 24.0 Å². The first kappa shape index (κ1) is 10.4. The van der Waals surface area contributed by atoms with Crippen molar-refractivity contribution < 1.29 is 0 Å². The molecule has 2 rings (SSSR count). The first-order chi connectivity index (χ1) is 6.65. The van der Waals surface area contributed by atoms with Crippen molar-refractivity contribution in [3.8, 4) is 0 Å². The van der Waals surface area contributed by atoms with E-state index in [1.54, 1.807) is 0 Å². The Hall–Kier alpha value is -0.0900. The van der Waals surface area contributed by atoms with Crippen LogP contribution >= 0.6 is 27.5 Å². The van der Waals surface area contributed by atoms with Crippen LogP contribution in [0.5, 0.6) is 0 Å². The number of rotatable bonds is 2. The molecule has 0 aliphatic carbocycles. The predicted octanol–water partition coefficient (Wildman–Crippen LogP) is 2.25. The number of hydrogen-bond acceptors (Lipinski definition) is 2. The molecule has 1 aromatic carbocycles. The van der Waals surface area contributed by atoms with E-state index in [2.05, 4.69) is 26.9 Å². The fraction of sp³-hybridized carbons (Fsp3) is 0.400. The Morgan fingerprint density at radius 1 is 1.50 bits per heavy atom. The molecule has 0 bridgehead atoms. The number of benzene rings is 1. The molecule has 0 unspecified atom stereocenters. The Morgan fingerprint density at radius 3 is 2.79 bits per heavy atom. The molecule has 1 fully saturated rings. The van der Waals surface area contributed by atoms with E-state index in [1.165, 1.54) is 5.56 Å². The van der Waals surface area contributed by atoms with Crippen LogP contribution in [0.15, 0.2) is 22.7 Å². The zero-order valence-electron chi connectivity index (χ0n) is 7.71. The fourth-order valence-corrected chi connectivity index (χ4v) is 2.36. The number of hydrogen-bond donors (Lipinski definition) is 1. The molecular weight excluding hydrogens is 263 g/mol. The van der Waals surface area contributed by atoms with Gasteiger partial charge in [0.25, 0.3) is 0 Å². The molecule has 0 spiro atoms. The van der Waals surface area contributed by atoms with E-state index in [9.17, 15) is 0 Å². The van der Waals surface area contributed by atoms with E-state index in [-0.39, 0.29) is 0 Å². The summed E-state index contributed by atoms with van der Waals surface area (Å²) in [5, 5.41) is 0.819. The van der Waals surface area contributed by atoms with Crippen LogP contribution in [-0.2, 0) is 6.54 Å². The van der Waals surface area contributed by atoms with Crippen LogP contribution in [0, 0.1) is 0 Å². The molecule has 2 nitrogen and oxygen atoms in total. The molecule has 0 amide bonds. The molecular formula is C10H12BrClN2. The van der Waals surface area contributed by atoms with Gasteiger partial charge in [-0.2, -0.15) is 0 Å². The Kier molecular flexibility index (Phi) is 3.12. The van der Waals surface area contributed by atoms with Gasteiger partial charge in [0.05, 0.1) is 0 Å². The summed E-state index contributed by atoms with van der Waals surface area (Å²) >= 11 is 9.49. The van der Waals surface area contributed by atoms with Gasteiger partial charge in [0.1, 0.15) is 0 Å². The fourth-order valence-electron chi connectivity index (χ4n) is 1.63. The molecule has 1 aromatic rings. The van der Waals surface area contributed by atoms with E-state index in [4.69, 9.17) is 17.3 Å². The summed E-state index contributed by atoms with van der Waals surface area (Å²) in [7, 11) is 0. The minimum Gasteiger partial charge on any atom is -0.325 e. The minimum absolute atomic E-state index is 0.351. The predicted molar refractivity (Wildman–Crippen MR) is 62.4 cm³/mol. The van der Waals surface area contributed by atoms with Crippen LogP contribution in [0.1, 0.15) is 5.56 Å². The van der Waals surface area contributed by atoms with Crippen LogP contribution in [0.3, 0.4) is 0 Å². The average Bonchev–Trinajstić information content (AvgIpc) is 2.06. The van der Waals surface area contributed by atoms with Crippen molar-refractivity contribution in [2.45, 2.75) is 12.6 Å². The second-order valence-electron chi connectivity index (χ2n) is 3.69. The van der Waals surface area contributed by atoms with Gasteiger partial charge >= 0.3 is 0 Å². The quantitative estimate of drug-likeness (QED) is 0.897. The van der Waals surface area contributed by atoms with E-state index >= 15 is 0 Å². The maximum absolute atomic E-state index is 6.10. The number of halogens is 2. The largest absolute Gasteiger partial charge is 0.325 e. The topological polar surface area (TPSA) is 29.3 Å². The lowest BCUT2D eigenvalue weighted by Crippen LogP contribution is -2.54. The lowest BCUT2D eigenvalue weighted by Gasteiger charge is -2.36. The second-order valence-corrected chi connectivity index (χ2v) is 5.01. The molecule has 14 heavy (non-hydrogen) atoms. The molecule has 0 saturated carbocycles. The molecule has 4 heteroatoms. The van der Waals surface area contributed by atoms with Crippen molar-refractivity contribution in [3.63, 3.8) is 0 Å². The smallest absolute Gasteiger partial charge is 0.0462 e. The Bertz CT molecular complexity index is 337. The molecule has 1 aliphatic heterocycles. The lowest BCUT2D eigenvalue weighted by atomic mass is 10.1. The van der Waals surface area contributed by atoms with Crippen LogP contribution in [0.25, 0.3) is 0 Å². The Labute approximate surface area is 97.2 Å². The zero-order valence-corrected chi connectivity index (χ0v) is 10.1. The molecule has 2 N–H and O–H groups in total. The SMILES string of the molecule is NC1CN(Cc2ccc(Br)cc2Cl)C1. The normalized spacial score (nSPS) is 18.2. The van der Waals surface area contributed by atoms with Gasteiger partial charge in [-0.25, -0.2) is 0 Å². The molecule has 0 aromatic heterocycles. The summed E-state index contributed by atoms with van der Waals surface area (Å²) in [5.74, 6) is 0. The minimum atomic E-state index is 0.351. The second kappa shape index (κ2) is 4.19. The highest BCUT2D eigenvalue weighted by molar-refractivity contribution is 9.10. The highest BCUT2D eigenvalue weighted by Gasteiger charge is 2.23. The molecule has 0 radical (unpaired) electrons. The highest BCUT2D eigenvalue weighted by atomic mass is 79.9. The third-order valence-electron chi connectivity index (χ3n) is 2.39. The van der Waals surface area contributed by atoms with Crippen LogP contribution in [0.2, 0.25) is 5.02 Å². The summed E-state index contributed by atoms with van der Waals surface area (Å²) in [6, 6.07) is 6.34. The summed E-state index contributed by atoms with van der Waals surface area (Å²) in [5.41, 5.74) is 6.87. The number of nitrogens with zero attached hydrogens (tertiary/aromatic N) is 1. The molecule has 1 heterocycles. The van der Waals surface area contributed by atoms with Gasteiger partial charge in [-0.15, -0.1) is 0 Å². The van der Waals surface area contributed by atoms with Gasteiger partial charge in [-0.05, 0) is 17.7 Å². The summed E-state index contributed by atoms with van der Waals surface area (Å²) in [6.07, 6.45) is 0. The third-order valence-corrected chi connectivity index (χ3v) is 3.24. The first-order valence-corrected chi connectivity index (χ1v) is 5.74. The van der Waals surface area contributed by atoms with E-state index in [0.29, 0.717) is 6.04 Å². The van der Waals surface area contributed by atoms with Crippen molar-refractivity contribution in [2.75, 3.05) is 13.1 Å². The van der Waals surface area contributed by atoms with Crippen molar-refractivity contribution in [3.05, 3.63) is 33.3 Å². The van der Waals surface area contributed by atoms with Crippen molar-refractivity contribution in [1.82, 2.24) is 4.90 Å². The lowest BCUT2D eigenvalue weighted by molar-refractivity contribution is 0.142. The summed E-state index contributed by atoms with van der Waals surface area (Å²) in [4.78, 5) is 2.29. The van der Waals surface area contributed by atoms with E-state index in [0.717, 1.165) is 29.1 Å². The third kappa shape index (κ3) is 2.28. The van der Waals surface area contributed by atoms with Crippen molar-refractivity contribution in [2.24, 2.45) is 5.73 Å². The van der Waals surface area contributed by atoms with E-state index in [1.807, 2.05) is 12.1 Å². The van der Waals surface area contributed by atoms with Crippen molar-refractivity contribution >= 4 is 27.5 Å². The maximum atomic E-state index is 6.10. The molecule has 1 aliphatic rings. The van der Waals surface area contributed by atoms with Gasteiger partial charge < -0.3 is 5.73 Å². The molecule has 0 atom stereocenters. The molecule has 76 valence electrons. The average molecular weight is 276 g/mol. The summed E-state index contributed by atoms with van der Waals surface area (Å²) in [6.45, 7) is 2.86. The number of likely N-dealkylation sites (tertiary alicyclic amines) is 1. The van der Waals surface area contributed by atoms with Gasteiger partial charge in [0, 0.05) is 35.2 Å². The maximum Gasteiger partial charge on any atom is 0.0462 e. The van der Waals surface area contributed by atoms with Gasteiger partial charge in [-0.1, -0.05) is 33.6 Å². The van der Waals surface area contributed by atoms with Crippen molar-refractivity contribution in [1.29, 1.82) is 0 Å². The first-order valence-electron chi connectivity index (χ1n) is 4.57. The number of nitrogens with two attached hydrogens (primary N) is 1. The van der Waals surface area contributed by atoms with E-state index < -0.39 is 0 Å². The zero-order chi connectivity index (χ0) is 10.1. The summed E-state index contributed by atoms with van der Waals surface area (Å²) < 4.78 is 1.02. The van der Waals surface area contributed by atoms with Gasteiger partial charge in [-0.3, -0.25) is 4.90 Å². The Balaban J connectivity index is 2.02. The highest BCUT2D eigenvalue weighted by Crippen LogP contribution is 2.23. The van der Waals surface area contributed by atoms with Gasteiger partial charge in [0.15, 0.2) is 0 Å². The monoisotopic (exact) mass is 274 g/mol. The van der Waals surface area contributed by atoms with Crippen LogP contribution in [0.4, 0.5) is 0 Å². The molecule has 1 saturated heterocycles.